The van der Waals surface area contributed by atoms with Crippen molar-refractivity contribution in [2.45, 2.75) is 39.0 Å². The lowest BCUT2D eigenvalue weighted by Gasteiger charge is -2.20. The van der Waals surface area contributed by atoms with Crippen LogP contribution in [0, 0.1) is 5.92 Å². The lowest BCUT2D eigenvalue weighted by atomic mass is 9.86. The largest absolute Gasteiger partial charge is 0.330 e. The first-order chi connectivity index (χ1) is 8.99. The average Bonchev–Trinajstić information content (AvgIpc) is 2.84. The Morgan fingerprint density at radius 3 is 2.74 bits per heavy atom. The number of benzene rings is 1. The van der Waals surface area contributed by atoms with Crippen LogP contribution < -0.4 is 5.73 Å². The van der Waals surface area contributed by atoms with Crippen LogP contribution in [-0.4, -0.2) is 31.1 Å². The van der Waals surface area contributed by atoms with Crippen molar-refractivity contribution in [2.24, 2.45) is 11.7 Å². The molecule has 1 heterocycles. The molecule has 0 unspecified atom stereocenters. The first-order valence-corrected chi connectivity index (χ1v) is 7.51. The maximum absolute atomic E-state index is 5.74. The molecular formula is C17H28N2. The molecule has 2 N–H and O–H groups in total. The molecule has 1 aromatic rings. The molecule has 1 aliphatic heterocycles. The van der Waals surface area contributed by atoms with Crippen molar-refractivity contribution in [1.82, 2.24) is 4.90 Å². The molecule has 0 bridgehead atoms. The van der Waals surface area contributed by atoms with Gasteiger partial charge in [0.15, 0.2) is 0 Å². The number of nitrogens with two attached hydrogens (primary N) is 1. The summed E-state index contributed by atoms with van der Waals surface area (Å²) >= 11 is 0. The lowest BCUT2D eigenvalue weighted by Crippen LogP contribution is -2.25. The van der Waals surface area contributed by atoms with Gasteiger partial charge in [0.1, 0.15) is 0 Å². The van der Waals surface area contributed by atoms with E-state index in [1.807, 2.05) is 0 Å². The van der Waals surface area contributed by atoms with Crippen LogP contribution in [0.15, 0.2) is 24.3 Å². The molecule has 1 fully saturated rings. The van der Waals surface area contributed by atoms with E-state index in [2.05, 4.69) is 49.9 Å². The second kappa shape index (κ2) is 6.06. The first-order valence-electron chi connectivity index (χ1n) is 7.51. The van der Waals surface area contributed by atoms with Crippen LogP contribution in [0.5, 0.6) is 0 Å². The predicted molar refractivity (Wildman–Crippen MR) is 82.4 cm³/mol. The molecule has 2 rings (SSSR count). The summed E-state index contributed by atoms with van der Waals surface area (Å²) in [6.07, 6.45) is 2.43. The molecule has 0 radical (unpaired) electrons. The summed E-state index contributed by atoms with van der Waals surface area (Å²) in [6.45, 7) is 11.3. The SMILES string of the molecule is CC(C)(C)c1cccc(CCN2CC[C@@H](CN)C2)c1. The number of hydrogen-bond acceptors (Lipinski definition) is 2. The van der Waals surface area contributed by atoms with Crippen LogP contribution in [0.3, 0.4) is 0 Å². The van der Waals surface area contributed by atoms with E-state index in [-0.39, 0.29) is 5.41 Å². The Hall–Kier alpha value is -0.860. The second-order valence-electron chi connectivity index (χ2n) is 6.89. The molecule has 2 heteroatoms. The van der Waals surface area contributed by atoms with E-state index >= 15 is 0 Å². The van der Waals surface area contributed by atoms with E-state index in [9.17, 15) is 0 Å². The monoisotopic (exact) mass is 260 g/mol. The van der Waals surface area contributed by atoms with Crippen molar-refractivity contribution < 1.29 is 0 Å². The summed E-state index contributed by atoms with van der Waals surface area (Å²) < 4.78 is 0. The minimum absolute atomic E-state index is 0.244. The van der Waals surface area contributed by atoms with Gasteiger partial charge in [-0.1, -0.05) is 45.0 Å². The fourth-order valence-corrected chi connectivity index (χ4v) is 2.79. The molecule has 0 saturated carbocycles. The van der Waals surface area contributed by atoms with Gasteiger partial charge in [0, 0.05) is 13.1 Å². The maximum atomic E-state index is 5.74. The van der Waals surface area contributed by atoms with Crippen molar-refractivity contribution in [3.63, 3.8) is 0 Å². The molecule has 106 valence electrons. The van der Waals surface area contributed by atoms with Crippen molar-refractivity contribution in [2.75, 3.05) is 26.2 Å². The predicted octanol–water partition coefficient (Wildman–Crippen LogP) is 2.81. The van der Waals surface area contributed by atoms with Gasteiger partial charge in [0.25, 0.3) is 0 Å². The Balaban J connectivity index is 1.90. The summed E-state index contributed by atoms with van der Waals surface area (Å²) in [7, 11) is 0. The van der Waals surface area contributed by atoms with Gasteiger partial charge < -0.3 is 10.6 Å². The van der Waals surface area contributed by atoms with Gasteiger partial charge in [-0.15, -0.1) is 0 Å². The van der Waals surface area contributed by atoms with Gasteiger partial charge >= 0.3 is 0 Å². The highest BCUT2D eigenvalue weighted by Gasteiger charge is 2.20. The zero-order valence-electron chi connectivity index (χ0n) is 12.7. The number of nitrogens with zero attached hydrogens (tertiary/aromatic N) is 1. The molecule has 1 atom stereocenters. The van der Waals surface area contributed by atoms with Crippen LogP contribution in [0.2, 0.25) is 0 Å². The third-order valence-electron chi connectivity index (χ3n) is 4.21. The summed E-state index contributed by atoms with van der Waals surface area (Å²) in [5.74, 6) is 0.723. The molecular weight excluding hydrogens is 232 g/mol. The zero-order valence-corrected chi connectivity index (χ0v) is 12.7. The summed E-state index contributed by atoms with van der Waals surface area (Å²) in [6, 6.07) is 9.06. The summed E-state index contributed by atoms with van der Waals surface area (Å²) in [5.41, 5.74) is 8.89. The third kappa shape index (κ3) is 4.05. The van der Waals surface area contributed by atoms with E-state index in [0.717, 1.165) is 18.9 Å². The van der Waals surface area contributed by atoms with E-state index in [0.29, 0.717) is 0 Å². The van der Waals surface area contributed by atoms with E-state index in [4.69, 9.17) is 5.73 Å². The minimum Gasteiger partial charge on any atom is -0.330 e. The molecule has 1 aliphatic rings. The molecule has 0 aliphatic carbocycles. The Kier molecular flexibility index (Phi) is 4.64. The van der Waals surface area contributed by atoms with Gasteiger partial charge in [0.05, 0.1) is 0 Å². The van der Waals surface area contributed by atoms with E-state index in [1.54, 1.807) is 0 Å². The van der Waals surface area contributed by atoms with Crippen LogP contribution in [-0.2, 0) is 11.8 Å². The van der Waals surface area contributed by atoms with E-state index < -0.39 is 0 Å². The summed E-state index contributed by atoms with van der Waals surface area (Å²) in [5, 5.41) is 0. The molecule has 0 amide bonds. The van der Waals surface area contributed by atoms with Crippen LogP contribution in [0.1, 0.15) is 38.3 Å². The van der Waals surface area contributed by atoms with Crippen molar-refractivity contribution in [3.8, 4) is 0 Å². The Morgan fingerprint density at radius 2 is 2.11 bits per heavy atom. The van der Waals surface area contributed by atoms with Gasteiger partial charge in [-0.25, -0.2) is 0 Å². The molecule has 0 spiro atoms. The minimum atomic E-state index is 0.244. The van der Waals surface area contributed by atoms with Gasteiger partial charge in [-0.05, 0) is 48.4 Å². The highest BCUT2D eigenvalue weighted by molar-refractivity contribution is 5.28. The smallest absolute Gasteiger partial charge is 0.00223 e. The molecule has 19 heavy (non-hydrogen) atoms. The van der Waals surface area contributed by atoms with Crippen LogP contribution >= 0.6 is 0 Å². The molecule has 2 nitrogen and oxygen atoms in total. The third-order valence-corrected chi connectivity index (χ3v) is 4.21. The summed E-state index contributed by atoms with van der Waals surface area (Å²) in [4.78, 5) is 2.56. The number of rotatable bonds is 4. The quantitative estimate of drug-likeness (QED) is 0.902. The Labute approximate surface area is 118 Å². The number of likely N-dealkylation sites (tertiary alicyclic amines) is 1. The van der Waals surface area contributed by atoms with Crippen molar-refractivity contribution in [3.05, 3.63) is 35.4 Å². The second-order valence-corrected chi connectivity index (χ2v) is 6.89. The molecule has 0 aromatic heterocycles. The van der Waals surface area contributed by atoms with Crippen molar-refractivity contribution in [1.29, 1.82) is 0 Å². The lowest BCUT2D eigenvalue weighted by molar-refractivity contribution is 0.329. The first kappa shape index (κ1) is 14.5. The Bertz CT molecular complexity index is 406. The molecule has 1 aromatic carbocycles. The standard InChI is InChI=1S/C17H28N2/c1-17(2,3)16-6-4-5-14(11-16)7-9-19-10-8-15(12-18)13-19/h4-6,11,15H,7-10,12-13,18H2,1-3H3/t15-/m0/s1. The number of hydrogen-bond donors (Lipinski definition) is 1. The van der Waals surface area contributed by atoms with Crippen LogP contribution in [0.25, 0.3) is 0 Å². The van der Waals surface area contributed by atoms with Gasteiger partial charge in [0.2, 0.25) is 0 Å². The normalized spacial score (nSPS) is 20.9. The van der Waals surface area contributed by atoms with Gasteiger partial charge in [-0.2, -0.15) is 0 Å². The fraction of sp³-hybridized carbons (Fsp3) is 0.647. The fourth-order valence-electron chi connectivity index (χ4n) is 2.79. The van der Waals surface area contributed by atoms with Crippen LogP contribution in [0.4, 0.5) is 0 Å². The maximum Gasteiger partial charge on any atom is 0.00223 e. The molecule has 1 saturated heterocycles. The average molecular weight is 260 g/mol. The van der Waals surface area contributed by atoms with Crippen molar-refractivity contribution >= 4 is 0 Å². The van der Waals surface area contributed by atoms with Gasteiger partial charge in [-0.3, -0.25) is 0 Å². The topological polar surface area (TPSA) is 29.3 Å². The Morgan fingerprint density at radius 1 is 1.32 bits per heavy atom. The van der Waals surface area contributed by atoms with E-state index in [1.165, 1.54) is 37.2 Å². The highest BCUT2D eigenvalue weighted by Crippen LogP contribution is 2.23. The highest BCUT2D eigenvalue weighted by atomic mass is 15.1. The zero-order chi connectivity index (χ0) is 13.9.